The molecule has 2 fully saturated rings. The summed E-state index contributed by atoms with van der Waals surface area (Å²) in [5.74, 6) is 2.61. The highest BCUT2D eigenvalue weighted by Crippen LogP contribution is 2.46. The molecule has 1 saturated carbocycles. The van der Waals surface area contributed by atoms with Crippen molar-refractivity contribution in [2.45, 2.75) is 58.7 Å². The van der Waals surface area contributed by atoms with Crippen LogP contribution in [0, 0.1) is 11.8 Å². The minimum atomic E-state index is 0.0191. The summed E-state index contributed by atoms with van der Waals surface area (Å²) >= 11 is 1.70. The molecule has 2 amide bonds. The first-order valence-electron chi connectivity index (χ1n) is 13.9. The fourth-order valence-corrected chi connectivity index (χ4v) is 7.55. The number of carbonyl (C=O) groups is 2. The largest absolute Gasteiger partial charge is 0.493 e. The second-order valence-electron chi connectivity index (χ2n) is 11.5. The fraction of sp³-hybridized carbons (Fsp3) is 0.484. The van der Waals surface area contributed by atoms with Gasteiger partial charge in [0.25, 0.3) is 5.91 Å². The van der Waals surface area contributed by atoms with Crippen LogP contribution in [0.5, 0.6) is 11.5 Å². The molecular weight excluding hydrogens is 510 g/mol. The highest BCUT2D eigenvalue weighted by Gasteiger charge is 2.44. The van der Waals surface area contributed by atoms with Crippen molar-refractivity contribution in [3.8, 4) is 33.2 Å². The molecule has 4 heterocycles. The van der Waals surface area contributed by atoms with Crippen LogP contribution in [0.25, 0.3) is 21.7 Å². The molecule has 3 aliphatic rings. The Morgan fingerprint density at radius 2 is 1.82 bits per heavy atom. The van der Waals surface area contributed by atoms with Gasteiger partial charge < -0.3 is 23.8 Å². The molecule has 6 rings (SSSR count). The van der Waals surface area contributed by atoms with Gasteiger partial charge in [-0.05, 0) is 80.2 Å². The van der Waals surface area contributed by atoms with E-state index < -0.39 is 0 Å². The van der Waals surface area contributed by atoms with Crippen molar-refractivity contribution in [1.82, 2.24) is 14.4 Å². The molecule has 0 bridgehead atoms. The summed E-state index contributed by atoms with van der Waals surface area (Å²) in [4.78, 5) is 31.1. The van der Waals surface area contributed by atoms with Crippen LogP contribution in [0.4, 0.5) is 0 Å². The van der Waals surface area contributed by atoms with Gasteiger partial charge in [0.2, 0.25) is 5.91 Å². The number of fused-ring (bicyclic) bond motifs is 4. The van der Waals surface area contributed by atoms with Crippen molar-refractivity contribution in [2.24, 2.45) is 11.8 Å². The quantitative estimate of drug-likeness (QED) is 0.405. The van der Waals surface area contributed by atoms with E-state index in [1.807, 2.05) is 25.8 Å². The molecule has 1 aliphatic carbocycles. The number of rotatable bonds is 6. The number of thiophene rings is 1. The van der Waals surface area contributed by atoms with Crippen LogP contribution in [-0.2, 0) is 17.8 Å². The molecule has 7 nitrogen and oxygen atoms in total. The van der Waals surface area contributed by atoms with Gasteiger partial charge in [-0.25, -0.2) is 0 Å². The summed E-state index contributed by atoms with van der Waals surface area (Å²) in [6.07, 6.45) is 2.80. The van der Waals surface area contributed by atoms with Crippen LogP contribution in [-0.4, -0.2) is 65.6 Å². The molecular formula is C31H37N3O4S. The van der Waals surface area contributed by atoms with Gasteiger partial charge in [0.15, 0.2) is 11.5 Å². The third-order valence-electron chi connectivity index (χ3n) is 8.77. The van der Waals surface area contributed by atoms with Crippen molar-refractivity contribution in [1.29, 1.82) is 0 Å². The SMILES string of the molecule is COc1cc2c(cc1OC(C)C)-c1c(-c3cccs3)cc(C(=O)N3C[C@H]4CC(N(C)C(C)=O)C[C@H]4C3)n1CC2. The van der Waals surface area contributed by atoms with Crippen LogP contribution in [0.15, 0.2) is 35.7 Å². The van der Waals surface area contributed by atoms with Gasteiger partial charge in [-0.1, -0.05) is 6.07 Å². The van der Waals surface area contributed by atoms with Crippen molar-refractivity contribution >= 4 is 23.2 Å². The zero-order valence-electron chi connectivity index (χ0n) is 23.4. The van der Waals surface area contributed by atoms with E-state index in [4.69, 9.17) is 9.47 Å². The van der Waals surface area contributed by atoms with Crippen LogP contribution in [0.2, 0.25) is 0 Å². The van der Waals surface area contributed by atoms with Gasteiger partial charge in [-0.15, -0.1) is 11.3 Å². The first-order chi connectivity index (χ1) is 18.7. The van der Waals surface area contributed by atoms with E-state index in [9.17, 15) is 9.59 Å². The number of benzene rings is 1. The minimum Gasteiger partial charge on any atom is -0.493 e. The van der Waals surface area contributed by atoms with Crippen molar-refractivity contribution in [3.63, 3.8) is 0 Å². The second kappa shape index (κ2) is 10.0. The molecule has 2 aromatic heterocycles. The molecule has 206 valence electrons. The lowest BCUT2D eigenvalue weighted by molar-refractivity contribution is -0.129. The average molecular weight is 548 g/mol. The summed E-state index contributed by atoms with van der Waals surface area (Å²) in [6, 6.07) is 10.8. The molecule has 2 aliphatic heterocycles. The fourth-order valence-electron chi connectivity index (χ4n) is 6.80. The predicted octanol–water partition coefficient (Wildman–Crippen LogP) is 5.56. The monoisotopic (exact) mass is 547 g/mol. The maximum atomic E-state index is 14.1. The molecule has 1 saturated heterocycles. The Labute approximate surface area is 234 Å². The standard InChI is InChI=1S/C31H37N3O4S/c1-18(2)38-28-15-24-20(13-27(28)37-5)8-9-34-26(14-25(30(24)34)29-7-6-10-39-29)31(36)33-16-21-11-23(12-22(21)17-33)32(4)19(3)35/h6-7,10,13-15,18,21-23H,8-9,11-12,16-17H2,1-5H3/t21-,22+,23?. The zero-order chi connectivity index (χ0) is 27.4. The number of carbonyl (C=O) groups excluding carboxylic acids is 2. The molecule has 3 atom stereocenters. The summed E-state index contributed by atoms with van der Waals surface area (Å²) < 4.78 is 14.0. The van der Waals surface area contributed by atoms with E-state index in [1.54, 1.807) is 25.4 Å². The molecule has 1 aromatic carbocycles. The summed E-state index contributed by atoms with van der Waals surface area (Å²) in [5.41, 5.74) is 5.26. The molecule has 3 aromatic rings. The van der Waals surface area contributed by atoms with Crippen LogP contribution in [0.1, 0.15) is 49.7 Å². The maximum Gasteiger partial charge on any atom is 0.270 e. The molecule has 0 spiro atoms. The van der Waals surface area contributed by atoms with E-state index in [0.29, 0.717) is 11.8 Å². The van der Waals surface area contributed by atoms with Gasteiger partial charge in [0.05, 0.1) is 18.9 Å². The third-order valence-corrected chi connectivity index (χ3v) is 9.68. The van der Waals surface area contributed by atoms with Gasteiger partial charge >= 0.3 is 0 Å². The third kappa shape index (κ3) is 4.52. The summed E-state index contributed by atoms with van der Waals surface area (Å²) in [6.45, 7) is 7.94. The first kappa shape index (κ1) is 26.0. The zero-order valence-corrected chi connectivity index (χ0v) is 24.2. The van der Waals surface area contributed by atoms with Crippen molar-refractivity contribution in [3.05, 3.63) is 47.0 Å². The van der Waals surface area contributed by atoms with E-state index in [-0.39, 0.29) is 24.0 Å². The number of amides is 2. The number of hydrogen-bond donors (Lipinski definition) is 0. The smallest absolute Gasteiger partial charge is 0.270 e. The van der Waals surface area contributed by atoms with Crippen LogP contribution < -0.4 is 9.47 Å². The van der Waals surface area contributed by atoms with Crippen LogP contribution >= 0.6 is 11.3 Å². The van der Waals surface area contributed by atoms with Crippen molar-refractivity contribution in [2.75, 3.05) is 27.2 Å². The van der Waals surface area contributed by atoms with Crippen LogP contribution in [0.3, 0.4) is 0 Å². The lowest BCUT2D eigenvalue weighted by atomic mass is 9.95. The lowest BCUT2D eigenvalue weighted by Crippen LogP contribution is -2.36. The highest BCUT2D eigenvalue weighted by atomic mass is 32.1. The van der Waals surface area contributed by atoms with Gasteiger partial charge in [-0.3, -0.25) is 9.59 Å². The highest BCUT2D eigenvalue weighted by molar-refractivity contribution is 7.13. The van der Waals surface area contributed by atoms with E-state index in [1.165, 1.54) is 5.56 Å². The number of ether oxygens (including phenoxy) is 2. The number of nitrogens with zero attached hydrogens (tertiary/aromatic N) is 3. The predicted molar refractivity (Wildman–Crippen MR) is 154 cm³/mol. The second-order valence-corrected chi connectivity index (χ2v) is 12.4. The molecule has 39 heavy (non-hydrogen) atoms. The number of aromatic nitrogens is 1. The Balaban J connectivity index is 1.35. The molecule has 0 radical (unpaired) electrons. The Bertz CT molecular complexity index is 1400. The Kier molecular flexibility index (Phi) is 6.69. The molecule has 1 unspecified atom stereocenters. The summed E-state index contributed by atoms with van der Waals surface area (Å²) in [7, 11) is 3.58. The Morgan fingerprint density at radius 1 is 1.08 bits per heavy atom. The topological polar surface area (TPSA) is 64.0 Å². The number of aryl methyl sites for hydroxylation is 1. The lowest BCUT2D eigenvalue weighted by Gasteiger charge is -2.27. The van der Waals surface area contributed by atoms with Gasteiger partial charge in [-0.2, -0.15) is 0 Å². The first-order valence-corrected chi connectivity index (χ1v) is 14.8. The Morgan fingerprint density at radius 3 is 2.44 bits per heavy atom. The molecule has 8 heteroatoms. The maximum absolute atomic E-state index is 14.1. The normalized spacial score (nSPS) is 21.5. The molecule has 0 N–H and O–H groups in total. The summed E-state index contributed by atoms with van der Waals surface area (Å²) in [5, 5.41) is 2.09. The minimum absolute atomic E-state index is 0.0191. The van der Waals surface area contributed by atoms with Gasteiger partial charge in [0, 0.05) is 55.7 Å². The number of methoxy groups -OCH3 is 1. The average Bonchev–Trinajstić information content (AvgIpc) is 3.69. The van der Waals surface area contributed by atoms with E-state index in [0.717, 1.165) is 77.8 Å². The van der Waals surface area contributed by atoms with E-state index in [2.05, 4.69) is 45.2 Å². The van der Waals surface area contributed by atoms with Crippen molar-refractivity contribution < 1.29 is 19.1 Å². The number of likely N-dealkylation sites (tertiary alicyclic amines) is 1. The van der Waals surface area contributed by atoms with Gasteiger partial charge in [0.1, 0.15) is 5.69 Å². The number of hydrogen-bond acceptors (Lipinski definition) is 5. The Hall–Kier alpha value is -3.26. The van der Waals surface area contributed by atoms with E-state index >= 15 is 0 Å².